The van der Waals surface area contributed by atoms with E-state index in [1.807, 2.05) is 6.92 Å². The predicted octanol–water partition coefficient (Wildman–Crippen LogP) is 3.27. The molecule has 0 bridgehead atoms. The van der Waals surface area contributed by atoms with E-state index in [9.17, 15) is 14.4 Å². The number of hydrogen-bond donors (Lipinski definition) is 0. The van der Waals surface area contributed by atoms with Gasteiger partial charge in [0.15, 0.2) is 11.4 Å². The molecule has 6 heteroatoms. The summed E-state index contributed by atoms with van der Waals surface area (Å²) in [5, 5.41) is 0.481. The number of Topliss-reactive ketones (excluding diaryl/α,β-unsaturated/α-hetero) is 1. The van der Waals surface area contributed by atoms with Gasteiger partial charge in [-0.2, -0.15) is 0 Å². The lowest BCUT2D eigenvalue weighted by atomic mass is 9.89. The number of hydrogen-bond acceptors (Lipinski definition) is 6. The first-order valence-electron chi connectivity index (χ1n) is 8.36. The van der Waals surface area contributed by atoms with Crippen LogP contribution in [0.15, 0.2) is 21.3 Å². The van der Waals surface area contributed by atoms with Crippen LogP contribution in [0.2, 0.25) is 0 Å². The Labute approximate surface area is 144 Å². The number of rotatable bonds is 3. The summed E-state index contributed by atoms with van der Waals surface area (Å²) in [4.78, 5) is 36.3. The summed E-state index contributed by atoms with van der Waals surface area (Å²) >= 11 is 0. The van der Waals surface area contributed by atoms with Gasteiger partial charge in [-0.3, -0.25) is 9.59 Å². The first kappa shape index (κ1) is 17.2. The van der Waals surface area contributed by atoms with Gasteiger partial charge in [-0.25, -0.2) is 4.79 Å². The van der Waals surface area contributed by atoms with Gasteiger partial charge in [-0.15, -0.1) is 0 Å². The Morgan fingerprint density at radius 3 is 2.60 bits per heavy atom. The van der Waals surface area contributed by atoms with Crippen molar-refractivity contribution in [3.63, 3.8) is 0 Å². The highest BCUT2D eigenvalue weighted by atomic mass is 16.5. The molecular formula is C19H20O6. The normalized spacial score (nSPS) is 19.4. The summed E-state index contributed by atoms with van der Waals surface area (Å²) in [5.41, 5.74) is 0.518. The van der Waals surface area contributed by atoms with Gasteiger partial charge in [0.1, 0.15) is 23.2 Å². The highest BCUT2D eigenvalue weighted by Gasteiger charge is 2.35. The summed E-state index contributed by atoms with van der Waals surface area (Å²) in [5.74, 6) is -0.502. The van der Waals surface area contributed by atoms with Crippen LogP contribution in [0, 0.1) is 5.92 Å². The van der Waals surface area contributed by atoms with Gasteiger partial charge in [0, 0.05) is 19.1 Å². The molecule has 0 fully saturated rings. The molecule has 2 unspecified atom stereocenters. The molecule has 0 radical (unpaired) electrons. The van der Waals surface area contributed by atoms with Crippen molar-refractivity contribution in [3.05, 3.63) is 33.7 Å². The van der Waals surface area contributed by atoms with Crippen LogP contribution >= 0.6 is 0 Å². The standard InChI is InChI=1S/C19H20O6/c1-5-6-12-7-15(21)25-19-16(12)13(24-11(4)20)8-14-17(19)18(22)9(2)10(3)23-14/h7-10H,5-6H2,1-4H3. The highest BCUT2D eigenvalue weighted by molar-refractivity contribution is 6.12. The van der Waals surface area contributed by atoms with Crippen LogP contribution in [0.1, 0.15) is 50.0 Å². The fraction of sp³-hybridized carbons (Fsp3) is 0.421. The Balaban J connectivity index is 2.42. The van der Waals surface area contributed by atoms with Gasteiger partial charge in [0.25, 0.3) is 0 Å². The minimum absolute atomic E-state index is 0.133. The lowest BCUT2D eigenvalue weighted by Crippen LogP contribution is -2.34. The largest absolute Gasteiger partial charge is 0.489 e. The molecule has 3 rings (SSSR count). The summed E-state index contributed by atoms with van der Waals surface area (Å²) in [6.07, 6.45) is 1.05. The zero-order chi connectivity index (χ0) is 18.3. The molecule has 1 aliphatic heterocycles. The van der Waals surface area contributed by atoms with E-state index in [-0.39, 0.29) is 40.5 Å². The van der Waals surface area contributed by atoms with Crippen molar-refractivity contribution in [2.45, 2.75) is 46.6 Å². The third-order valence-electron chi connectivity index (χ3n) is 4.47. The second-order valence-corrected chi connectivity index (χ2v) is 6.36. The van der Waals surface area contributed by atoms with Crippen LogP contribution in [0.5, 0.6) is 11.5 Å². The molecule has 1 aliphatic rings. The third kappa shape index (κ3) is 2.92. The third-order valence-corrected chi connectivity index (χ3v) is 4.47. The number of benzene rings is 1. The maximum atomic E-state index is 12.8. The zero-order valence-corrected chi connectivity index (χ0v) is 14.7. The monoisotopic (exact) mass is 344 g/mol. The summed E-state index contributed by atoms with van der Waals surface area (Å²) < 4.78 is 16.5. The van der Waals surface area contributed by atoms with E-state index in [1.165, 1.54) is 13.0 Å². The van der Waals surface area contributed by atoms with Gasteiger partial charge in [-0.1, -0.05) is 20.3 Å². The van der Waals surface area contributed by atoms with Gasteiger partial charge >= 0.3 is 11.6 Å². The zero-order valence-electron chi connectivity index (χ0n) is 14.7. The maximum Gasteiger partial charge on any atom is 0.336 e. The number of ether oxygens (including phenoxy) is 2. The molecule has 1 aromatic heterocycles. The van der Waals surface area contributed by atoms with Crippen molar-refractivity contribution in [3.8, 4) is 11.5 Å². The molecule has 0 amide bonds. The molecule has 6 nitrogen and oxygen atoms in total. The van der Waals surface area contributed by atoms with E-state index >= 15 is 0 Å². The number of fused-ring (bicyclic) bond motifs is 3. The number of carbonyl (C=O) groups is 2. The minimum atomic E-state index is -0.544. The molecule has 1 aromatic carbocycles. The first-order chi connectivity index (χ1) is 11.8. The van der Waals surface area contributed by atoms with E-state index in [0.717, 1.165) is 6.42 Å². The second kappa shape index (κ2) is 6.35. The topological polar surface area (TPSA) is 82.8 Å². The molecule has 0 aliphatic carbocycles. The Morgan fingerprint density at radius 2 is 1.96 bits per heavy atom. The lowest BCUT2D eigenvalue weighted by molar-refractivity contribution is -0.131. The van der Waals surface area contributed by atoms with Crippen molar-refractivity contribution in [1.82, 2.24) is 0 Å². The van der Waals surface area contributed by atoms with Crippen molar-refractivity contribution in [1.29, 1.82) is 0 Å². The summed E-state index contributed by atoms with van der Waals surface area (Å²) in [6, 6.07) is 2.92. The van der Waals surface area contributed by atoms with Gasteiger partial charge < -0.3 is 13.9 Å². The highest BCUT2D eigenvalue weighted by Crippen LogP contribution is 2.42. The molecule has 25 heavy (non-hydrogen) atoms. The molecule has 2 heterocycles. The van der Waals surface area contributed by atoms with Crippen LogP contribution in [-0.2, 0) is 11.2 Å². The Bertz CT molecular complexity index is 924. The quantitative estimate of drug-likeness (QED) is 0.483. The van der Waals surface area contributed by atoms with E-state index in [0.29, 0.717) is 17.4 Å². The van der Waals surface area contributed by atoms with Crippen molar-refractivity contribution < 1.29 is 23.5 Å². The van der Waals surface area contributed by atoms with E-state index < -0.39 is 11.6 Å². The van der Waals surface area contributed by atoms with Crippen LogP contribution in [0.3, 0.4) is 0 Å². The van der Waals surface area contributed by atoms with Crippen molar-refractivity contribution >= 4 is 22.7 Å². The molecular weight excluding hydrogens is 324 g/mol. The smallest absolute Gasteiger partial charge is 0.336 e. The summed E-state index contributed by atoms with van der Waals surface area (Å²) in [7, 11) is 0. The molecule has 0 spiro atoms. The minimum Gasteiger partial charge on any atom is -0.489 e. The molecule has 0 N–H and O–H groups in total. The molecule has 132 valence electrons. The van der Waals surface area contributed by atoms with E-state index in [1.54, 1.807) is 19.9 Å². The number of esters is 1. The number of carbonyl (C=O) groups excluding carboxylic acids is 2. The number of aryl methyl sites for hydroxylation is 1. The van der Waals surface area contributed by atoms with Crippen LogP contribution in [-0.4, -0.2) is 17.9 Å². The van der Waals surface area contributed by atoms with Gasteiger partial charge in [0.2, 0.25) is 0 Å². The average molecular weight is 344 g/mol. The number of ketones is 1. The van der Waals surface area contributed by atoms with Gasteiger partial charge in [-0.05, 0) is 18.9 Å². The fourth-order valence-electron chi connectivity index (χ4n) is 3.13. The lowest BCUT2D eigenvalue weighted by Gasteiger charge is -2.28. The second-order valence-electron chi connectivity index (χ2n) is 6.36. The first-order valence-corrected chi connectivity index (χ1v) is 8.36. The maximum absolute atomic E-state index is 12.8. The Morgan fingerprint density at radius 1 is 1.24 bits per heavy atom. The molecule has 0 saturated heterocycles. The van der Waals surface area contributed by atoms with Crippen LogP contribution in [0.4, 0.5) is 0 Å². The van der Waals surface area contributed by atoms with Crippen LogP contribution in [0.25, 0.3) is 11.0 Å². The van der Waals surface area contributed by atoms with Crippen LogP contribution < -0.4 is 15.1 Å². The SMILES string of the molecule is CCCc1cc(=O)oc2c3c(cc(OC(C)=O)c12)OC(C)C(C)C3=O. The fourth-order valence-corrected chi connectivity index (χ4v) is 3.13. The molecule has 2 atom stereocenters. The van der Waals surface area contributed by atoms with E-state index in [2.05, 4.69) is 0 Å². The average Bonchev–Trinajstić information content (AvgIpc) is 2.51. The van der Waals surface area contributed by atoms with Crippen molar-refractivity contribution in [2.24, 2.45) is 5.92 Å². The van der Waals surface area contributed by atoms with Crippen molar-refractivity contribution in [2.75, 3.05) is 0 Å². The van der Waals surface area contributed by atoms with E-state index in [4.69, 9.17) is 13.9 Å². The molecule has 2 aromatic rings. The Kier molecular flexibility index (Phi) is 4.37. The predicted molar refractivity (Wildman–Crippen MR) is 91.4 cm³/mol. The Hall–Kier alpha value is -2.63. The summed E-state index contributed by atoms with van der Waals surface area (Å²) in [6.45, 7) is 6.84. The van der Waals surface area contributed by atoms with Gasteiger partial charge in [0.05, 0.1) is 11.3 Å². The molecule has 0 saturated carbocycles.